The summed E-state index contributed by atoms with van der Waals surface area (Å²) in [6.07, 6.45) is 1.66. The fraction of sp³-hybridized carbons (Fsp3) is 0.208. The van der Waals surface area contributed by atoms with E-state index in [9.17, 15) is 9.00 Å². The third-order valence-electron chi connectivity index (χ3n) is 4.95. The summed E-state index contributed by atoms with van der Waals surface area (Å²) in [5.74, 6) is 0.268. The van der Waals surface area contributed by atoms with Crippen LogP contribution >= 0.6 is 0 Å². The number of anilines is 2. The zero-order valence-electron chi connectivity index (χ0n) is 18.7. The van der Waals surface area contributed by atoms with E-state index in [2.05, 4.69) is 20.7 Å². The van der Waals surface area contributed by atoms with Gasteiger partial charge >= 0.3 is 0 Å². The highest BCUT2D eigenvalue weighted by atomic mass is 32.2. The van der Waals surface area contributed by atoms with Gasteiger partial charge < -0.3 is 16.4 Å². The predicted octanol–water partition coefficient (Wildman–Crippen LogP) is 3.34. The predicted molar refractivity (Wildman–Crippen MR) is 131 cm³/mol. The van der Waals surface area contributed by atoms with E-state index in [-0.39, 0.29) is 5.91 Å². The maximum atomic E-state index is 12.3. The molecule has 0 aliphatic carbocycles. The molecular formula is C24H26N6O2S. The smallest absolute Gasteiger partial charge is 0.251 e. The first-order chi connectivity index (χ1) is 15.7. The Labute approximate surface area is 194 Å². The van der Waals surface area contributed by atoms with Gasteiger partial charge in [-0.15, -0.1) is 5.10 Å². The van der Waals surface area contributed by atoms with E-state index in [1.807, 2.05) is 56.3 Å². The number of fused-ring (bicyclic) bond motifs is 1. The van der Waals surface area contributed by atoms with Gasteiger partial charge in [0.05, 0.1) is 5.69 Å². The van der Waals surface area contributed by atoms with Crippen LogP contribution in [0.3, 0.4) is 0 Å². The van der Waals surface area contributed by atoms with Crippen molar-refractivity contribution >= 4 is 34.0 Å². The number of nitrogens with one attached hydrogen (secondary N) is 2. The van der Waals surface area contributed by atoms with Gasteiger partial charge in [0.25, 0.3) is 5.91 Å². The average molecular weight is 463 g/mol. The largest absolute Gasteiger partial charge is 0.350 e. The van der Waals surface area contributed by atoms with Gasteiger partial charge in [-0.1, -0.05) is 18.2 Å². The molecule has 2 heterocycles. The topological polar surface area (TPSA) is 114 Å². The van der Waals surface area contributed by atoms with Crippen molar-refractivity contribution in [3.8, 4) is 11.3 Å². The van der Waals surface area contributed by atoms with Crippen molar-refractivity contribution in [3.63, 3.8) is 0 Å². The van der Waals surface area contributed by atoms with Crippen LogP contribution in [0.15, 0.2) is 71.6 Å². The van der Waals surface area contributed by atoms with Crippen molar-refractivity contribution in [3.05, 3.63) is 72.3 Å². The lowest BCUT2D eigenvalue weighted by atomic mass is 10.1. The quantitative estimate of drug-likeness (QED) is 0.388. The molecule has 0 aliphatic rings. The van der Waals surface area contributed by atoms with E-state index in [4.69, 9.17) is 5.73 Å². The summed E-state index contributed by atoms with van der Waals surface area (Å²) in [5.41, 5.74) is 9.27. The molecule has 4 rings (SSSR count). The van der Waals surface area contributed by atoms with Gasteiger partial charge in [0.1, 0.15) is 0 Å². The molecule has 0 saturated heterocycles. The van der Waals surface area contributed by atoms with Crippen LogP contribution in [0.25, 0.3) is 16.9 Å². The summed E-state index contributed by atoms with van der Waals surface area (Å²) in [6.45, 7) is 4.10. The van der Waals surface area contributed by atoms with E-state index in [1.54, 1.807) is 35.0 Å². The van der Waals surface area contributed by atoms with E-state index in [1.165, 1.54) is 0 Å². The Morgan fingerprint density at radius 3 is 2.39 bits per heavy atom. The Hall–Kier alpha value is -3.56. The lowest BCUT2D eigenvalue weighted by Gasteiger charge is -2.18. The van der Waals surface area contributed by atoms with Crippen LogP contribution in [0, 0.1) is 0 Å². The van der Waals surface area contributed by atoms with E-state index < -0.39 is 16.3 Å². The fourth-order valence-electron chi connectivity index (χ4n) is 3.24. The number of nitrogens with zero attached hydrogens (tertiary/aromatic N) is 3. The van der Waals surface area contributed by atoms with Crippen LogP contribution in [0.5, 0.6) is 0 Å². The highest BCUT2D eigenvalue weighted by Gasteiger charge is 2.14. The molecule has 1 unspecified atom stereocenters. The molecule has 33 heavy (non-hydrogen) atoms. The van der Waals surface area contributed by atoms with Crippen LogP contribution in [-0.4, -0.2) is 43.1 Å². The number of carbonyl (C=O) groups is 1. The number of amides is 1. The Morgan fingerprint density at radius 2 is 1.76 bits per heavy atom. The maximum absolute atomic E-state index is 12.3. The lowest BCUT2D eigenvalue weighted by molar-refractivity contribution is 0.0946. The van der Waals surface area contributed by atoms with Crippen molar-refractivity contribution in [1.82, 2.24) is 19.9 Å². The van der Waals surface area contributed by atoms with Gasteiger partial charge in [-0.2, -0.15) is 4.98 Å². The normalized spacial score (nSPS) is 12.5. The first-order valence-electron chi connectivity index (χ1n) is 10.4. The number of pyridine rings is 1. The number of aromatic nitrogens is 3. The van der Waals surface area contributed by atoms with Gasteiger partial charge in [0, 0.05) is 50.8 Å². The summed E-state index contributed by atoms with van der Waals surface area (Å²) in [5, 5.41) is 10.6. The van der Waals surface area contributed by atoms with Crippen LogP contribution in [-0.2, 0) is 10.8 Å². The van der Waals surface area contributed by atoms with Gasteiger partial charge in [0.2, 0.25) is 5.95 Å². The molecule has 8 nitrogen and oxygen atoms in total. The third kappa shape index (κ3) is 5.44. The molecule has 170 valence electrons. The summed E-state index contributed by atoms with van der Waals surface area (Å²) < 4.78 is 13.4. The van der Waals surface area contributed by atoms with Gasteiger partial charge in [0.15, 0.2) is 5.65 Å². The van der Waals surface area contributed by atoms with Crippen molar-refractivity contribution in [1.29, 1.82) is 0 Å². The number of hydrogen-bond acceptors (Lipinski definition) is 6. The van der Waals surface area contributed by atoms with Crippen LogP contribution in [0.4, 0.5) is 11.6 Å². The molecule has 4 aromatic rings. The minimum absolute atomic E-state index is 0.173. The minimum atomic E-state index is -1.02. The van der Waals surface area contributed by atoms with Crippen molar-refractivity contribution < 1.29 is 9.00 Å². The lowest BCUT2D eigenvalue weighted by Crippen LogP contribution is -2.45. The molecule has 1 amide bonds. The molecule has 4 N–H and O–H groups in total. The zero-order chi connectivity index (χ0) is 23.6. The number of nitrogens with two attached hydrogens (primary N) is 1. The second-order valence-corrected chi connectivity index (χ2v) is 9.85. The number of benzene rings is 2. The first kappa shape index (κ1) is 22.6. The Balaban J connectivity index is 1.52. The minimum Gasteiger partial charge on any atom is -0.350 e. The summed E-state index contributed by atoms with van der Waals surface area (Å²) in [6, 6.07) is 20.4. The highest BCUT2D eigenvalue weighted by Crippen LogP contribution is 2.23. The Morgan fingerprint density at radius 1 is 1.06 bits per heavy atom. The summed E-state index contributed by atoms with van der Waals surface area (Å²) in [4.78, 5) is 17.6. The standard InChI is InChI=1S/C24H26N6O2S/c1-24(2,25)15-26-22(31)17-7-11-18(12-8-17)27-23-28-21-6-4-5-20(30(21)29-23)16-9-13-19(14-10-16)33(3)32/h4-14H,15,25H2,1-3H3,(H,26,31)(H,27,29). The second kappa shape index (κ2) is 9.13. The van der Waals surface area contributed by atoms with Gasteiger partial charge in [-0.3, -0.25) is 9.00 Å². The SMILES string of the molecule is CS(=O)c1ccc(-c2cccc3nc(Nc4ccc(C(=O)NCC(C)(C)N)cc4)nn23)cc1. The zero-order valence-corrected chi connectivity index (χ0v) is 19.5. The monoisotopic (exact) mass is 462 g/mol. The average Bonchev–Trinajstić information content (AvgIpc) is 3.20. The molecule has 0 radical (unpaired) electrons. The van der Waals surface area contributed by atoms with Crippen LogP contribution in [0.2, 0.25) is 0 Å². The van der Waals surface area contributed by atoms with Crippen LogP contribution in [0.1, 0.15) is 24.2 Å². The van der Waals surface area contributed by atoms with E-state index in [0.717, 1.165) is 21.8 Å². The van der Waals surface area contributed by atoms with Gasteiger partial charge in [-0.25, -0.2) is 4.52 Å². The van der Waals surface area contributed by atoms with E-state index >= 15 is 0 Å². The van der Waals surface area contributed by atoms with Crippen molar-refractivity contribution in [2.45, 2.75) is 24.3 Å². The molecule has 0 fully saturated rings. The van der Waals surface area contributed by atoms with E-state index in [0.29, 0.717) is 23.7 Å². The molecule has 9 heteroatoms. The molecular weight excluding hydrogens is 436 g/mol. The summed E-state index contributed by atoms with van der Waals surface area (Å²) in [7, 11) is -1.02. The number of hydrogen-bond donors (Lipinski definition) is 3. The third-order valence-corrected chi connectivity index (χ3v) is 5.89. The van der Waals surface area contributed by atoms with Gasteiger partial charge in [-0.05, 0) is 62.4 Å². The number of carbonyl (C=O) groups excluding carboxylic acids is 1. The Kier molecular flexibility index (Phi) is 6.26. The molecule has 0 aliphatic heterocycles. The Bertz CT molecular complexity index is 1310. The molecule has 0 spiro atoms. The molecule has 2 aromatic carbocycles. The highest BCUT2D eigenvalue weighted by molar-refractivity contribution is 7.84. The second-order valence-electron chi connectivity index (χ2n) is 8.47. The molecule has 1 atom stereocenters. The fourth-order valence-corrected chi connectivity index (χ4v) is 3.76. The maximum Gasteiger partial charge on any atom is 0.251 e. The number of rotatable bonds is 7. The summed E-state index contributed by atoms with van der Waals surface area (Å²) >= 11 is 0. The van der Waals surface area contributed by atoms with Crippen molar-refractivity contribution in [2.75, 3.05) is 18.1 Å². The molecule has 2 aromatic heterocycles. The first-order valence-corrected chi connectivity index (χ1v) is 12.0. The van der Waals surface area contributed by atoms with Crippen molar-refractivity contribution in [2.24, 2.45) is 5.73 Å². The van der Waals surface area contributed by atoms with Crippen LogP contribution < -0.4 is 16.4 Å². The molecule has 0 bridgehead atoms. The molecule has 0 saturated carbocycles.